The maximum Gasteiger partial charge on any atom is 0.251 e. The number of hydrogen-bond donors (Lipinski definition) is 1. The Morgan fingerprint density at radius 3 is 2.21 bits per heavy atom. The zero-order valence-corrected chi connectivity index (χ0v) is 15.5. The van der Waals surface area contributed by atoms with Crippen LogP contribution < -0.4 is 5.32 Å². The van der Waals surface area contributed by atoms with E-state index in [0.717, 1.165) is 25.7 Å². The molecule has 2 fully saturated rings. The van der Waals surface area contributed by atoms with E-state index < -0.39 is 10.0 Å². The van der Waals surface area contributed by atoms with Crippen LogP contribution in [0.3, 0.4) is 0 Å². The van der Waals surface area contributed by atoms with Gasteiger partial charge in [0.2, 0.25) is 10.0 Å². The van der Waals surface area contributed by atoms with Crippen LogP contribution in [0.2, 0.25) is 10.0 Å². The lowest BCUT2D eigenvalue weighted by Crippen LogP contribution is -2.42. The quantitative estimate of drug-likeness (QED) is 0.840. The van der Waals surface area contributed by atoms with Crippen molar-refractivity contribution in [2.75, 3.05) is 19.6 Å². The van der Waals surface area contributed by atoms with Crippen molar-refractivity contribution >= 4 is 39.1 Å². The molecule has 0 radical (unpaired) electrons. The summed E-state index contributed by atoms with van der Waals surface area (Å²) >= 11 is 11.8. The second kappa shape index (κ2) is 7.20. The normalized spacial score (nSPS) is 20.1. The second-order valence-electron chi connectivity index (χ2n) is 6.45. The molecule has 24 heavy (non-hydrogen) atoms. The third kappa shape index (κ3) is 4.23. The summed E-state index contributed by atoms with van der Waals surface area (Å²) in [6, 6.07) is 4.73. The molecule has 0 bridgehead atoms. The maximum atomic E-state index is 12.2. The van der Waals surface area contributed by atoms with Crippen molar-refractivity contribution < 1.29 is 13.2 Å². The molecule has 8 heteroatoms. The van der Waals surface area contributed by atoms with Gasteiger partial charge in [0.1, 0.15) is 0 Å². The smallest absolute Gasteiger partial charge is 0.251 e. The van der Waals surface area contributed by atoms with Gasteiger partial charge in [-0.25, -0.2) is 12.7 Å². The molecule has 1 saturated heterocycles. The number of carbonyl (C=O) groups excluding carboxylic acids is 1. The van der Waals surface area contributed by atoms with Crippen LogP contribution in [-0.4, -0.2) is 43.5 Å². The Morgan fingerprint density at radius 1 is 1.08 bits per heavy atom. The SMILES string of the molecule is O=C(NCC1CCN(S(=O)(=O)C2CC2)CC1)c1cc(Cl)cc(Cl)c1. The molecule has 2 aliphatic rings. The number of sulfonamides is 1. The fourth-order valence-electron chi connectivity index (χ4n) is 2.97. The number of carbonyl (C=O) groups is 1. The summed E-state index contributed by atoms with van der Waals surface area (Å²) in [6.07, 6.45) is 3.12. The Hall–Kier alpha value is -0.820. The van der Waals surface area contributed by atoms with Gasteiger partial charge >= 0.3 is 0 Å². The van der Waals surface area contributed by atoms with Crippen LogP contribution in [0, 0.1) is 5.92 Å². The highest BCUT2D eigenvalue weighted by Gasteiger charge is 2.41. The van der Waals surface area contributed by atoms with Crippen LogP contribution in [0.4, 0.5) is 0 Å². The fourth-order valence-corrected chi connectivity index (χ4v) is 5.37. The standard InChI is InChI=1S/C16H20Cl2N2O3S/c17-13-7-12(8-14(18)9-13)16(21)19-10-11-3-5-20(6-4-11)24(22,23)15-1-2-15/h7-9,11,15H,1-6,10H2,(H,19,21). The van der Waals surface area contributed by atoms with E-state index in [1.807, 2.05) is 0 Å². The number of benzene rings is 1. The van der Waals surface area contributed by atoms with Gasteiger partial charge in [0, 0.05) is 35.2 Å². The monoisotopic (exact) mass is 390 g/mol. The summed E-state index contributed by atoms with van der Waals surface area (Å²) in [5.74, 6) is 0.0710. The van der Waals surface area contributed by atoms with E-state index in [9.17, 15) is 13.2 Å². The van der Waals surface area contributed by atoms with Gasteiger partial charge in [-0.15, -0.1) is 0 Å². The summed E-state index contributed by atoms with van der Waals surface area (Å²) in [6.45, 7) is 1.62. The fraction of sp³-hybridized carbons (Fsp3) is 0.562. The predicted molar refractivity (Wildman–Crippen MR) is 95.0 cm³/mol. The minimum absolute atomic E-state index is 0.152. The molecule has 5 nitrogen and oxygen atoms in total. The predicted octanol–water partition coefficient (Wildman–Crippen LogP) is 2.93. The summed E-state index contributed by atoms with van der Waals surface area (Å²) in [5, 5.41) is 3.58. The Morgan fingerprint density at radius 2 is 1.67 bits per heavy atom. The first kappa shape index (κ1) is 18.0. The van der Waals surface area contributed by atoms with Gasteiger partial charge in [-0.05, 0) is 49.8 Å². The first-order valence-corrected chi connectivity index (χ1v) is 10.4. The zero-order chi connectivity index (χ0) is 17.3. The molecule has 0 spiro atoms. The first-order chi connectivity index (χ1) is 11.4. The molecule has 0 unspecified atom stereocenters. The summed E-state index contributed by atoms with van der Waals surface area (Å²) in [7, 11) is -3.08. The van der Waals surface area contributed by atoms with Crippen molar-refractivity contribution in [2.24, 2.45) is 5.92 Å². The van der Waals surface area contributed by atoms with Crippen molar-refractivity contribution in [1.82, 2.24) is 9.62 Å². The van der Waals surface area contributed by atoms with Gasteiger partial charge in [-0.1, -0.05) is 23.2 Å². The molecule has 1 heterocycles. The van der Waals surface area contributed by atoms with E-state index in [2.05, 4.69) is 5.32 Å². The molecule has 1 N–H and O–H groups in total. The third-order valence-electron chi connectivity index (χ3n) is 4.56. The van der Waals surface area contributed by atoms with Crippen molar-refractivity contribution in [1.29, 1.82) is 0 Å². The van der Waals surface area contributed by atoms with Gasteiger partial charge in [0.15, 0.2) is 0 Å². The molecule has 1 aromatic rings. The van der Waals surface area contributed by atoms with Crippen molar-refractivity contribution in [2.45, 2.75) is 30.9 Å². The molecule has 1 saturated carbocycles. The van der Waals surface area contributed by atoms with Gasteiger partial charge in [0.25, 0.3) is 5.91 Å². The van der Waals surface area contributed by atoms with Gasteiger partial charge in [-0.2, -0.15) is 0 Å². The Kier molecular flexibility index (Phi) is 5.39. The van der Waals surface area contributed by atoms with Crippen LogP contribution >= 0.6 is 23.2 Å². The maximum absolute atomic E-state index is 12.2. The average Bonchev–Trinajstić information content (AvgIpc) is 3.37. The van der Waals surface area contributed by atoms with E-state index in [4.69, 9.17) is 23.2 Å². The molecule has 1 aromatic carbocycles. The largest absolute Gasteiger partial charge is 0.352 e. The van der Waals surface area contributed by atoms with Crippen molar-refractivity contribution in [3.05, 3.63) is 33.8 Å². The number of nitrogens with one attached hydrogen (secondary N) is 1. The minimum Gasteiger partial charge on any atom is -0.352 e. The van der Waals surface area contributed by atoms with Crippen molar-refractivity contribution in [3.63, 3.8) is 0 Å². The lowest BCUT2D eigenvalue weighted by atomic mass is 9.98. The van der Waals surface area contributed by atoms with Gasteiger partial charge in [0.05, 0.1) is 5.25 Å². The molecule has 0 aromatic heterocycles. The lowest BCUT2D eigenvalue weighted by Gasteiger charge is -2.31. The number of rotatable bonds is 5. The van der Waals surface area contributed by atoms with Crippen LogP contribution in [-0.2, 0) is 10.0 Å². The molecular weight excluding hydrogens is 371 g/mol. The highest BCUT2D eigenvalue weighted by Crippen LogP contribution is 2.33. The Labute approximate surface area is 152 Å². The zero-order valence-electron chi connectivity index (χ0n) is 13.2. The van der Waals surface area contributed by atoms with E-state index in [1.165, 1.54) is 0 Å². The van der Waals surface area contributed by atoms with Crippen LogP contribution in [0.15, 0.2) is 18.2 Å². The van der Waals surface area contributed by atoms with E-state index in [0.29, 0.717) is 35.2 Å². The average molecular weight is 391 g/mol. The van der Waals surface area contributed by atoms with Gasteiger partial charge < -0.3 is 5.32 Å². The Balaban J connectivity index is 1.49. The summed E-state index contributed by atoms with van der Waals surface area (Å²) < 4.78 is 26.0. The van der Waals surface area contributed by atoms with Crippen LogP contribution in [0.1, 0.15) is 36.0 Å². The molecule has 1 aliphatic carbocycles. The summed E-state index contributed by atoms with van der Waals surface area (Å²) in [5.41, 5.74) is 0.432. The molecule has 0 atom stereocenters. The third-order valence-corrected chi connectivity index (χ3v) is 7.39. The van der Waals surface area contributed by atoms with Crippen LogP contribution in [0.5, 0.6) is 0 Å². The molecule has 3 rings (SSSR count). The molecular formula is C16H20Cl2N2O3S. The van der Waals surface area contributed by atoms with Crippen molar-refractivity contribution in [3.8, 4) is 0 Å². The second-order valence-corrected chi connectivity index (χ2v) is 9.54. The number of amides is 1. The van der Waals surface area contributed by atoms with Crippen LogP contribution in [0.25, 0.3) is 0 Å². The lowest BCUT2D eigenvalue weighted by molar-refractivity contribution is 0.0941. The number of halogens is 2. The number of nitrogens with zero attached hydrogens (tertiary/aromatic N) is 1. The van der Waals surface area contributed by atoms with E-state index in [-0.39, 0.29) is 17.1 Å². The number of hydrogen-bond acceptors (Lipinski definition) is 3. The van der Waals surface area contributed by atoms with E-state index >= 15 is 0 Å². The highest BCUT2D eigenvalue weighted by atomic mass is 35.5. The minimum atomic E-state index is -3.08. The first-order valence-electron chi connectivity index (χ1n) is 8.09. The highest BCUT2D eigenvalue weighted by molar-refractivity contribution is 7.90. The van der Waals surface area contributed by atoms with Gasteiger partial charge in [-0.3, -0.25) is 4.79 Å². The molecule has 132 valence electrons. The Bertz CT molecular complexity index is 707. The molecule has 1 amide bonds. The number of piperidine rings is 1. The van der Waals surface area contributed by atoms with E-state index in [1.54, 1.807) is 22.5 Å². The molecule has 1 aliphatic heterocycles. The topological polar surface area (TPSA) is 66.5 Å². The summed E-state index contributed by atoms with van der Waals surface area (Å²) in [4.78, 5) is 12.2.